The molecule has 168 valence electrons. The average Bonchev–Trinajstić information content (AvgIpc) is 2.64. The second-order valence-corrected chi connectivity index (χ2v) is 9.27. The Morgan fingerprint density at radius 2 is 1.76 bits per heavy atom. The van der Waals surface area contributed by atoms with Gasteiger partial charge in [-0.15, -0.1) is 0 Å². The van der Waals surface area contributed by atoms with E-state index in [-0.39, 0.29) is 23.9 Å². The normalized spacial score (nSPS) is 18.5. The zero-order valence-corrected chi connectivity index (χ0v) is 18.5. The van der Waals surface area contributed by atoms with Crippen molar-refractivity contribution in [3.05, 3.63) is 0 Å². The third-order valence-electron chi connectivity index (χ3n) is 6.47. The molecule has 0 spiro atoms. The maximum Gasteiger partial charge on any atom is 0.331 e. The highest BCUT2D eigenvalue weighted by molar-refractivity contribution is 5.87. The fourth-order valence-electron chi connectivity index (χ4n) is 4.54. The molecule has 2 unspecified atom stereocenters. The van der Waals surface area contributed by atoms with Crippen LogP contribution in [0.1, 0.15) is 85.5 Å². The molecule has 1 saturated carbocycles. The summed E-state index contributed by atoms with van der Waals surface area (Å²) in [6.45, 7) is 7.99. The molecular formula is C22H39NO6. The maximum absolute atomic E-state index is 12.6. The third-order valence-corrected chi connectivity index (χ3v) is 6.47. The van der Waals surface area contributed by atoms with E-state index in [2.05, 4.69) is 26.1 Å². The summed E-state index contributed by atoms with van der Waals surface area (Å²) in [4.78, 5) is 35.7. The highest BCUT2D eigenvalue weighted by atomic mass is 16.5. The number of hydrogen-bond donors (Lipinski definition) is 3. The van der Waals surface area contributed by atoms with Crippen LogP contribution in [-0.2, 0) is 19.1 Å². The Bertz CT molecular complexity index is 548. The molecule has 2 atom stereocenters. The van der Waals surface area contributed by atoms with Crippen molar-refractivity contribution in [1.82, 2.24) is 5.32 Å². The lowest BCUT2D eigenvalue weighted by molar-refractivity contribution is -0.149. The van der Waals surface area contributed by atoms with Gasteiger partial charge in [0, 0.05) is 5.92 Å². The first-order chi connectivity index (χ1) is 13.6. The van der Waals surface area contributed by atoms with Gasteiger partial charge in [0.05, 0.1) is 19.6 Å². The lowest BCUT2D eigenvalue weighted by atomic mass is 9.57. The van der Waals surface area contributed by atoms with E-state index in [1.807, 2.05) is 0 Å². The number of amides is 1. The number of rotatable bonds is 11. The standard InChI is InChI=1S/C22H39NO6/c1-5-29-20(28)17(15-24)23-19(27)16(14-18(25)26)10-9-13-22(21(2,3)4)11-7-6-8-12-22/h16-17,24H,5-15H2,1-4H3,(H,23,27)(H,25,26). The van der Waals surface area contributed by atoms with Crippen LogP contribution in [0.2, 0.25) is 0 Å². The summed E-state index contributed by atoms with van der Waals surface area (Å²) in [6, 6.07) is -1.17. The Balaban J connectivity index is 2.76. The van der Waals surface area contributed by atoms with Crippen LogP contribution in [0.25, 0.3) is 0 Å². The van der Waals surface area contributed by atoms with Crippen molar-refractivity contribution in [2.24, 2.45) is 16.7 Å². The first-order valence-corrected chi connectivity index (χ1v) is 10.9. The van der Waals surface area contributed by atoms with Crippen LogP contribution in [-0.4, -0.2) is 47.3 Å². The Morgan fingerprint density at radius 1 is 1.14 bits per heavy atom. The molecule has 1 aliphatic carbocycles. The number of hydrogen-bond acceptors (Lipinski definition) is 5. The summed E-state index contributed by atoms with van der Waals surface area (Å²) in [6.07, 6.45) is 7.89. The fourth-order valence-corrected chi connectivity index (χ4v) is 4.54. The van der Waals surface area contributed by atoms with Crippen molar-refractivity contribution in [1.29, 1.82) is 0 Å². The highest BCUT2D eigenvalue weighted by Gasteiger charge is 2.42. The van der Waals surface area contributed by atoms with Crippen LogP contribution in [0.15, 0.2) is 0 Å². The highest BCUT2D eigenvalue weighted by Crippen LogP contribution is 2.52. The van der Waals surface area contributed by atoms with Crippen LogP contribution in [0.5, 0.6) is 0 Å². The number of carboxylic acids is 1. The van der Waals surface area contributed by atoms with Gasteiger partial charge in [0.1, 0.15) is 0 Å². The van der Waals surface area contributed by atoms with Crippen molar-refractivity contribution >= 4 is 17.8 Å². The van der Waals surface area contributed by atoms with E-state index in [1.165, 1.54) is 32.1 Å². The predicted octanol–water partition coefficient (Wildman–Crippen LogP) is 3.28. The largest absolute Gasteiger partial charge is 0.481 e. The SMILES string of the molecule is CCOC(=O)C(CO)NC(=O)C(CCCC1(C(C)(C)C)CCCCC1)CC(=O)O. The number of ether oxygens (including phenoxy) is 1. The van der Waals surface area contributed by atoms with Gasteiger partial charge < -0.3 is 20.3 Å². The Morgan fingerprint density at radius 3 is 2.24 bits per heavy atom. The van der Waals surface area contributed by atoms with Crippen LogP contribution in [0.3, 0.4) is 0 Å². The molecule has 1 aliphatic rings. The minimum absolute atomic E-state index is 0.138. The number of aliphatic hydroxyl groups excluding tert-OH is 1. The molecule has 1 fully saturated rings. The summed E-state index contributed by atoms with van der Waals surface area (Å²) < 4.78 is 4.84. The van der Waals surface area contributed by atoms with Gasteiger partial charge in [-0.3, -0.25) is 9.59 Å². The Kier molecular flexibility index (Phi) is 10.1. The molecule has 7 nitrogen and oxygen atoms in total. The minimum atomic E-state index is -1.17. The summed E-state index contributed by atoms with van der Waals surface area (Å²) in [5.74, 6) is -3.03. The second kappa shape index (κ2) is 11.5. The number of carbonyl (C=O) groups excluding carboxylic acids is 2. The molecule has 7 heteroatoms. The van der Waals surface area contributed by atoms with Crippen LogP contribution in [0.4, 0.5) is 0 Å². The second-order valence-electron chi connectivity index (χ2n) is 9.27. The van der Waals surface area contributed by atoms with Gasteiger partial charge in [0.15, 0.2) is 6.04 Å². The average molecular weight is 414 g/mol. The molecular weight excluding hydrogens is 374 g/mol. The van der Waals surface area contributed by atoms with Crippen molar-refractivity contribution in [2.75, 3.05) is 13.2 Å². The molecule has 0 aromatic carbocycles. The zero-order chi connectivity index (χ0) is 22.1. The van der Waals surface area contributed by atoms with E-state index < -0.39 is 36.4 Å². The quantitative estimate of drug-likeness (QED) is 0.448. The molecule has 0 aliphatic heterocycles. The monoisotopic (exact) mass is 413 g/mol. The molecule has 1 amide bonds. The van der Waals surface area contributed by atoms with E-state index in [4.69, 9.17) is 4.74 Å². The lowest BCUT2D eigenvalue weighted by Gasteiger charge is -2.48. The molecule has 0 heterocycles. The molecule has 0 aromatic rings. The van der Waals surface area contributed by atoms with Crippen molar-refractivity contribution in [2.45, 2.75) is 91.5 Å². The summed E-state index contributed by atoms with van der Waals surface area (Å²) >= 11 is 0. The topological polar surface area (TPSA) is 113 Å². The maximum atomic E-state index is 12.6. The zero-order valence-electron chi connectivity index (χ0n) is 18.5. The number of esters is 1. The van der Waals surface area contributed by atoms with E-state index in [0.29, 0.717) is 6.42 Å². The first kappa shape index (κ1) is 25.4. The lowest BCUT2D eigenvalue weighted by Crippen LogP contribution is -2.47. The molecule has 3 N–H and O–H groups in total. The molecule has 0 bridgehead atoms. The van der Waals surface area contributed by atoms with Crippen molar-refractivity contribution in [3.63, 3.8) is 0 Å². The molecule has 1 rings (SSSR count). The van der Waals surface area contributed by atoms with Gasteiger partial charge in [-0.1, -0.05) is 46.5 Å². The summed E-state index contributed by atoms with van der Waals surface area (Å²) in [7, 11) is 0. The third kappa shape index (κ3) is 7.61. The number of carboxylic acid groups (broad SMARTS) is 1. The van der Waals surface area contributed by atoms with Gasteiger partial charge in [0.2, 0.25) is 5.91 Å². The smallest absolute Gasteiger partial charge is 0.331 e. The van der Waals surface area contributed by atoms with E-state index >= 15 is 0 Å². The van der Waals surface area contributed by atoms with Gasteiger partial charge in [0.25, 0.3) is 0 Å². The van der Waals surface area contributed by atoms with E-state index in [0.717, 1.165) is 12.8 Å². The van der Waals surface area contributed by atoms with E-state index in [9.17, 15) is 24.6 Å². The van der Waals surface area contributed by atoms with Crippen LogP contribution >= 0.6 is 0 Å². The summed E-state index contributed by atoms with van der Waals surface area (Å²) in [5, 5.41) is 21.1. The number of aliphatic carboxylic acids is 1. The Hall–Kier alpha value is -1.63. The molecule has 0 radical (unpaired) electrons. The van der Waals surface area contributed by atoms with Crippen molar-refractivity contribution < 1.29 is 29.3 Å². The summed E-state index contributed by atoms with van der Waals surface area (Å²) in [5.41, 5.74) is 0.373. The van der Waals surface area contributed by atoms with Crippen molar-refractivity contribution in [3.8, 4) is 0 Å². The fraction of sp³-hybridized carbons (Fsp3) is 0.864. The van der Waals surface area contributed by atoms with Gasteiger partial charge in [-0.2, -0.15) is 0 Å². The van der Waals surface area contributed by atoms with Crippen LogP contribution in [0, 0.1) is 16.7 Å². The predicted molar refractivity (Wildman–Crippen MR) is 110 cm³/mol. The van der Waals surface area contributed by atoms with Gasteiger partial charge in [-0.25, -0.2) is 4.79 Å². The molecule has 0 saturated heterocycles. The minimum Gasteiger partial charge on any atom is -0.481 e. The number of carbonyl (C=O) groups is 3. The molecule has 0 aromatic heterocycles. The van der Waals surface area contributed by atoms with Crippen LogP contribution < -0.4 is 5.32 Å². The van der Waals surface area contributed by atoms with Gasteiger partial charge in [-0.05, 0) is 43.4 Å². The molecule has 29 heavy (non-hydrogen) atoms. The Labute approximate surface area is 174 Å². The first-order valence-electron chi connectivity index (χ1n) is 10.9. The van der Waals surface area contributed by atoms with Gasteiger partial charge >= 0.3 is 11.9 Å². The number of nitrogens with one attached hydrogen (secondary N) is 1. The van der Waals surface area contributed by atoms with E-state index in [1.54, 1.807) is 6.92 Å². The number of aliphatic hydroxyl groups is 1.